The third-order valence-corrected chi connectivity index (χ3v) is 8.70. The fourth-order valence-electron chi connectivity index (χ4n) is 1.42. The van der Waals surface area contributed by atoms with Crippen molar-refractivity contribution in [1.29, 1.82) is 0 Å². The quantitative estimate of drug-likeness (QED) is 0.666. The Bertz CT molecular complexity index is 365. The van der Waals surface area contributed by atoms with Gasteiger partial charge in [0.25, 0.3) is 0 Å². The van der Waals surface area contributed by atoms with Crippen LogP contribution in [-0.2, 0) is 4.43 Å². The topological polar surface area (TPSA) is 9.23 Å². The minimum absolute atomic E-state index is 0.170. The first-order valence-corrected chi connectivity index (χ1v) is 9.77. The molecule has 1 rings (SSSR count). The van der Waals surface area contributed by atoms with E-state index in [9.17, 15) is 0 Å². The molecule has 0 radical (unpaired) electrons. The van der Waals surface area contributed by atoms with E-state index in [0.717, 1.165) is 4.47 Å². The average molecular weight is 315 g/mol. The van der Waals surface area contributed by atoms with E-state index in [1.807, 2.05) is 0 Å². The molecular formula is C14H23BrOSi. The molecule has 0 spiro atoms. The van der Waals surface area contributed by atoms with E-state index in [2.05, 4.69) is 81.0 Å². The number of benzene rings is 1. The fourth-order valence-corrected chi connectivity index (χ4v) is 3.06. The summed E-state index contributed by atoms with van der Waals surface area (Å²) in [5, 5.41) is 0.261. The Hall–Kier alpha value is -0.123. The lowest BCUT2D eigenvalue weighted by Gasteiger charge is -2.38. The van der Waals surface area contributed by atoms with E-state index in [1.165, 1.54) is 5.56 Å². The molecule has 0 aromatic heterocycles. The molecule has 96 valence electrons. The van der Waals surface area contributed by atoms with Crippen molar-refractivity contribution >= 4 is 24.2 Å². The van der Waals surface area contributed by atoms with Crippen molar-refractivity contribution in [3.63, 3.8) is 0 Å². The molecule has 0 heterocycles. The molecule has 1 nitrogen and oxygen atoms in total. The van der Waals surface area contributed by atoms with Crippen LogP contribution in [0.4, 0.5) is 0 Å². The van der Waals surface area contributed by atoms with Gasteiger partial charge in [0, 0.05) is 4.47 Å². The predicted molar refractivity (Wildman–Crippen MR) is 80.8 cm³/mol. The Labute approximate surface area is 115 Å². The molecule has 0 N–H and O–H groups in total. The highest BCUT2D eigenvalue weighted by molar-refractivity contribution is 9.10. The average Bonchev–Trinajstić information content (AvgIpc) is 2.16. The lowest BCUT2D eigenvalue weighted by atomic mass is 10.1. The standard InChI is InChI=1S/C14H23BrOSi/c1-11(12-7-9-13(15)10-8-12)16-17(5,6)14(2,3)4/h7-11H,1-6H3/t11-/m0/s1. The predicted octanol–water partition coefficient (Wildman–Crippen LogP) is 5.53. The Balaban J connectivity index is 2.79. The fraction of sp³-hybridized carbons (Fsp3) is 0.571. The molecule has 0 saturated heterocycles. The maximum absolute atomic E-state index is 6.35. The second-order valence-electron chi connectivity index (χ2n) is 6.07. The summed E-state index contributed by atoms with van der Waals surface area (Å²) in [6.45, 7) is 13.5. The largest absolute Gasteiger partial charge is 0.410 e. The molecule has 0 amide bonds. The lowest BCUT2D eigenvalue weighted by molar-refractivity contribution is 0.203. The summed E-state index contributed by atoms with van der Waals surface area (Å²) in [7, 11) is -1.68. The van der Waals surface area contributed by atoms with E-state index in [1.54, 1.807) is 0 Å². The second kappa shape index (κ2) is 5.25. The zero-order valence-electron chi connectivity index (χ0n) is 11.7. The van der Waals surface area contributed by atoms with Gasteiger partial charge in [0.05, 0.1) is 6.10 Å². The molecule has 17 heavy (non-hydrogen) atoms. The molecule has 0 bridgehead atoms. The SMILES string of the molecule is C[C@H](O[Si](C)(C)C(C)(C)C)c1ccc(Br)cc1. The maximum Gasteiger partial charge on any atom is 0.192 e. The van der Waals surface area contributed by atoms with Crippen LogP contribution in [-0.4, -0.2) is 8.32 Å². The van der Waals surface area contributed by atoms with Gasteiger partial charge in [0.15, 0.2) is 8.32 Å². The van der Waals surface area contributed by atoms with E-state index in [-0.39, 0.29) is 11.1 Å². The van der Waals surface area contributed by atoms with Gasteiger partial charge in [-0.25, -0.2) is 0 Å². The summed E-state index contributed by atoms with van der Waals surface area (Å²) in [5.41, 5.74) is 1.25. The molecule has 1 aromatic carbocycles. The highest BCUT2D eigenvalue weighted by Crippen LogP contribution is 2.39. The van der Waals surface area contributed by atoms with Crippen LogP contribution in [0, 0.1) is 0 Å². The summed E-state index contributed by atoms with van der Waals surface area (Å²) in [6, 6.07) is 8.39. The Morgan fingerprint density at radius 2 is 1.59 bits per heavy atom. The molecule has 0 fully saturated rings. The Morgan fingerprint density at radius 3 is 2.00 bits per heavy atom. The first-order chi connectivity index (χ1) is 7.63. The van der Waals surface area contributed by atoms with Crippen molar-refractivity contribution < 1.29 is 4.43 Å². The van der Waals surface area contributed by atoms with Crippen molar-refractivity contribution in [2.45, 2.75) is 51.9 Å². The molecule has 0 saturated carbocycles. The first kappa shape index (κ1) is 14.9. The third kappa shape index (κ3) is 3.93. The molecule has 1 aromatic rings. The van der Waals surface area contributed by atoms with Crippen LogP contribution in [0.3, 0.4) is 0 Å². The molecule has 0 aliphatic heterocycles. The number of halogens is 1. The lowest BCUT2D eigenvalue weighted by Crippen LogP contribution is -2.41. The van der Waals surface area contributed by atoms with Crippen LogP contribution in [0.15, 0.2) is 28.7 Å². The molecule has 0 unspecified atom stereocenters. The molecule has 1 atom stereocenters. The molecular weight excluding hydrogens is 292 g/mol. The van der Waals surface area contributed by atoms with Gasteiger partial charge in [-0.2, -0.15) is 0 Å². The zero-order valence-corrected chi connectivity index (χ0v) is 14.3. The summed E-state index contributed by atoms with van der Waals surface area (Å²) >= 11 is 3.46. The van der Waals surface area contributed by atoms with Gasteiger partial charge < -0.3 is 4.43 Å². The third-order valence-electron chi connectivity index (χ3n) is 3.62. The van der Waals surface area contributed by atoms with Crippen LogP contribution in [0.25, 0.3) is 0 Å². The summed E-state index contributed by atoms with van der Waals surface area (Å²) in [6.07, 6.45) is 0.170. The van der Waals surface area contributed by atoms with Gasteiger partial charge >= 0.3 is 0 Å². The van der Waals surface area contributed by atoms with Crippen LogP contribution in [0.2, 0.25) is 18.1 Å². The monoisotopic (exact) mass is 314 g/mol. The van der Waals surface area contributed by atoms with Crippen molar-refractivity contribution in [3.05, 3.63) is 34.3 Å². The highest BCUT2D eigenvalue weighted by Gasteiger charge is 2.38. The minimum atomic E-state index is -1.68. The molecule has 0 aliphatic carbocycles. The van der Waals surface area contributed by atoms with Gasteiger partial charge in [-0.1, -0.05) is 48.8 Å². The van der Waals surface area contributed by atoms with Gasteiger partial charge in [-0.3, -0.25) is 0 Å². The first-order valence-electron chi connectivity index (χ1n) is 6.07. The zero-order chi connectivity index (χ0) is 13.3. The van der Waals surface area contributed by atoms with Crippen LogP contribution in [0.5, 0.6) is 0 Å². The van der Waals surface area contributed by atoms with Gasteiger partial charge in [-0.15, -0.1) is 0 Å². The van der Waals surface area contributed by atoms with Crippen molar-refractivity contribution in [3.8, 4) is 0 Å². The molecule has 3 heteroatoms. The van der Waals surface area contributed by atoms with Crippen LogP contribution in [0.1, 0.15) is 39.4 Å². The number of rotatable bonds is 3. The van der Waals surface area contributed by atoms with Gasteiger partial charge in [0.1, 0.15) is 0 Å². The summed E-state index contributed by atoms with van der Waals surface area (Å²) < 4.78 is 7.46. The van der Waals surface area contributed by atoms with E-state index < -0.39 is 8.32 Å². The van der Waals surface area contributed by atoms with Crippen molar-refractivity contribution in [2.75, 3.05) is 0 Å². The van der Waals surface area contributed by atoms with Crippen LogP contribution < -0.4 is 0 Å². The second-order valence-corrected chi connectivity index (χ2v) is 11.7. The van der Waals surface area contributed by atoms with E-state index in [0.29, 0.717) is 0 Å². The van der Waals surface area contributed by atoms with E-state index in [4.69, 9.17) is 4.43 Å². The normalized spacial score (nSPS) is 14.8. The Kier molecular flexibility index (Phi) is 4.61. The number of hydrogen-bond donors (Lipinski definition) is 0. The highest BCUT2D eigenvalue weighted by atomic mass is 79.9. The minimum Gasteiger partial charge on any atom is -0.410 e. The van der Waals surface area contributed by atoms with E-state index >= 15 is 0 Å². The maximum atomic E-state index is 6.35. The smallest absolute Gasteiger partial charge is 0.192 e. The Morgan fingerprint density at radius 1 is 1.12 bits per heavy atom. The van der Waals surface area contributed by atoms with Crippen molar-refractivity contribution in [1.82, 2.24) is 0 Å². The molecule has 0 aliphatic rings. The van der Waals surface area contributed by atoms with Gasteiger partial charge in [0.2, 0.25) is 0 Å². The summed E-state index contributed by atoms with van der Waals surface area (Å²) in [4.78, 5) is 0. The summed E-state index contributed by atoms with van der Waals surface area (Å²) in [5.74, 6) is 0. The number of hydrogen-bond acceptors (Lipinski definition) is 1. The van der Waals surface area contributed by atoms with Crippen molar-refractivity contribution in [2.24, 2.45) is 0 Å². The van der Waals surface area contributed by atoms with Gasteiger partial charge in [-0.05, 0) is 42.8 Å². The van der Waals surface area contributed by atoms with Crippen LogP contribution >= 0.6 is 15.9 Å².